The van der Waals surface area contributed by atoms with Crippen LogP contribution in [0.2, 0.25) is 0 Å². The molecule has 2 nitrogen and oxygen atoms in total. The quantitative estimate of drug-likeness (QED) is 0.779. The summed E-state index contributed by atoms with van der Waals surface area (Å²) in [6, 6.07) is 11.8. The fraction of sp³-hybridized carbons (Fsp3) is 0.600. The van der Waals surface area contributed by atoms with Crippen molar-refractivity contribution in [2.75, 3.05) is 18.0 Å². The number of likely N-dealkylation sites (N-methyl/N-ethyl adjacent to an activating group) is 1. The van der Waals surface area contributed by atoms with Crippen molar-refractivity contribution in [2.45, 2.75) is 46.2 Å². The molecule has 1 rings (SSSR count). The number of para-hydroxylation sites is 1. The smallest absolute Gasteiger partial charge is 0.0411 e. The van der Waals surface area contributed by atoms with Gasteiger partial charge in [0.2, 0.25) is 0 Å². The Balaban J connectivity index is 2.70. The number of hydrogen-bond acceptors (Lipinski definition) is 2. The van der Waals surface area contributed by atoms with E-state index in [0.29, 0.717) is 12.1 Å². The molecule has 17 heavy (non-hydrogen) atoms. The van der Waals surface area contributed by atoms with E-state index in [1.54, 1.807) is 0 Å². The van der Waals surface area contributed by atoms with E-state index in [1.165, 1.54) is 12.1 Å². The van der Waals surface area contributed by atoms with Gasteiger partial charge in [-0.1, -0.05) is 39.0 Å². The Morgan fingerprint density at radius 1 is 1.12 bits per heavy atom. The first kappa shape index (κ1) is 14.0. The van der Waals surface area contributed by atoms with Gasteiger partial charge >= 0.3 is 0 Å². The molecular weight excluding hydrogens is 208 g/mol. The Labute approximate surface area is 106 Å². The largest absolute Gasteiger partial charge is 0.368 e. The molecule has 0 amide bonds. The second-order valence-electron chi connectivity index (χ2n) is 4.75. The normalized spacial score (nSPS) is 12.8. The first-order valence-corrected chi connectivity index (χ1v) is 6.74. The van der Waals surface area contributed by atoms with Crippen molar-refractivity contribution in [2.24, 2.45) is 0 Å². The third kappa shape index (κ3) is 4.39. The summed E-state index contributed by atoms with van der Waals surface area (Å²) < 4.78 is 0. The number of rotatable bonds is 7. The van der Waals surface area contributed by atoms with E-state index in [9.17, 15) is 0 Å². The first-order valence-electron chi connectivity index (χ1n) is 6.74. The summed E-state index contributed by atoms with van der Waals surface area (Å²) in [4.78, 5) is 2.48. The summed E-state index contributed by atoms with van der Waals surface area (Å²) in [5.41, 5.74) is 1.33. The predicted octanol–water partition coefficient (Wildman–Crippen LogP) is 3.29. The Kier molecular flexibility index (Phi) is 6.06. The molecule has 0 aliphatic carbocycles. The molecule has 1 aromatic carbocycles. The summed E-state index contributed by atoms with van der Waals surface area (Å²) in [6.45, 7) is 11.0. The lowest BCUT2D eigenvalue weighted by atomic mass is 10.1. The summed E-state index contributed by atoms with van der Waals surface area (Å²) >= 11 is 0. The number of anilines is 1. The maximum Gasteiger partial charge on any atom is 0.0411 e. The van der Waals surface area contributed by atoms with Crippen LogP contribution in [0, 0.1) is 0 Å². The van der Waals surface area contributed by atoms with Gasteiger partial charge in [0.1, 0.15) is 0 Å². The molecular formula is C15H26N2. The Morgan fingerprint density at radius 3 is 2.24 bits per heavy atom. The molecule has 0 heterocycles. The Bertz CT molecular complexity index is 295. The van der Waals surface area contributed by atoms with E-state index in [4.69, 9.17) is 0 Å². The van der Waals surface area contributed by atoms with Crippen LogP contribution in [0.3, 0.4) is 0 Å². The number of benzene rings is 1. The predicted molar refractivity (Wildman–Crippen MR) is 76.7 cm³/mol. The van der Waals surface area contributed by atoms with Crippen LogP contribution >= 0.6 is 0 Å². The average molecular weight is 234 g/mol. The second kappa shape index (κ2) is 7.33. The van der Waals surface area contributed by atoms with Crippen LogP contribution in [0.1, 0.15) is 34.1 Å². The molecule has 2 heteroatoms. The second-order valence-corrected chi connectivity index (χ2v) is 4.75. The maximum absolute atomic E-state index is 3.54. The van der Waals surface area contributed by atoms with Crippen molar-refractivity contribution in [3.05, 3.63) is 30.3 Å². The van der Waals surface area contributed by atoms with Crippen LogP contribution in [0.25, 0.3) is 0 Å². The molecule has 0 saturated carbocycles. The van der Waals surface area contributed by atoms with E-state index < -0.39 is 0 Å². The summed E-state index contributed by atoms with van der Waals surface area (Å²) in [6.07, 6.45) is 1.17. The van der Waals surface area contributed by atoms with E-state index in [2.05, 4.69) is 68.2 Å². The van der Waals surface area contributed by atoms with Crippen molar-refractivity contribution < 1.29 is 0 Å². The highest BCUT2D eigenvalue weighted by molar-refractivity contribution is 5.47. The molecule has 0 aromatic heterocycles. The SMILES string of the molecule is CCC(CNC(C)C)N(CC)c1ccccc1. The maximum atomic E-state index is 3.54. The molecule has 0 saturated heterocycles. The first-order chi connectivity index (χ1) is 8.19. The van der Waals surface area contributed by atoms with Crippen molar-refractivity contribution in [3.63, 3.8) is 0 Å². The molecule has 0 aliphatic rings. The van der Waals surface area contributed by atoms with Gasteiger partial charge in [-0.05, 0) is 25.5 Å². The summed E-state index contributed by atoms with van der Waals surface area (Å²) in [5.74, 6) is 0. The van der Waals surface area contributed by atoms with E-state index >= 15 is 0 Å². The highest BCUT2D eigenvalue weighted by atomic mass is 15.2. The highest BCUT2D eigenvalue weighted by Gasteiger charge is 2.15. The molecule has 0 fully saturated rings. The van der Waals surface area contributed by atoms with Crippen molar-refractivity contribution in [3.8, 4) is 0 Å². The summed E-state index contributed by atoms with van der Waals surface area (Å²) in [5, 5.41) is 3.54. The lowest BCUT2D eigenvalue weighted by molar-refractivity contribution is 0.491. The zero-order chi connectivity index (χ0) is 12.7. The van der Waals surface area contributed by atoms with Crippen LogP contribution < -0.4 is 10.2 Å². The van der Waals surface area contributed by atoms with E-state index in [0.717, 1.165) is 13.1 Å². The molecule has 0 bridgehead atoms. The fourth-order valence-corrected chi connectivity index (χ4v) is 2.12. The van der Waals surface area contributed by atoms with Crippen LogP contribution in [0.4, 0.5) is 5.69 Å². The van der Waals surface area contributed by atoms with E-state index in [1.807, 2.05) is 0 Å². The molecule has 0 spiro atoms. The van der Waals surface area contributed by atoms with Crippen molar-refractivity contribution in [1.29, 1.82) is 0 Å². The standard InChI is InChI=1S/C15H26N2/c1-5-14(12-16-13(3)4)17(6-2)15-10-8-7-9-11-15/h7-11,13-14,16H,5-6,12H2,1-4H3. The third-order valence-corrected chi connectivity index (χ3v) is 3.10. The van der Waals surface area contributed by atoms with Gasteiger partial charge in [-0.3, -0.25) is 0 Å². The van der Waals surface area contributed by atoms with Gasteiger partial charge in [0, 0.05) is 30.9 Å². The van der Waals surface area contributed by atoms with Crippen LogP contribution in [0.15, 0.2) is 30.3 Å². The van der Waals surface area contributed by atoms with Gasteiger partial charge < -0.3 is 10.2 Å². The number of hydrogen-bond donors (Lipinski definition) is 1. The van der Waals surface area contributed by atoms with Gasteiger partial charge in [-0.15, -0.1) is 0 Å². The van der Waals surface area contributed by atoms with Crippen LogP contribution in [0.5, 0.6) is 0 Å². The number of nitrogens with one attached hydrogen (secondary N) is 1. The minimum Gasteiger partial charge on any atom is -0.368 e. The molecule has 1 aromatic rings. The van der Waals surface area contributed by atoms with E-state index in [-0.39, 0.29) is 0 Å². The van der Waals surface area contributed by atoms with Gasteiger partial charge in [-0.2, -0.15) is 0 Å². The highest BCUT2D eigenvalue weighted by Crippen LogP contribution is 2.17. The minimum atomic E-state index is 0.554. The van der Waals surface area contributed by atoms with Gasteiger partial charge in [-0.25, -0.2) is 0 Å². The van der Waals surface area contributed by atoms with Crippen molar-refractivity contribution >= 4 is 5.69 Å². The zero-order valence-corrected chi connectivity index (χ0v) is 11.6. The molecule has 0 radical (unpaired) electrons. The molecule has 1 N–H and O–H groups in total. The fourth-order valence-electron chi connectivity index (χ4n) is 2.12. The lowest BCUT2D eigenvalue weighted by Gasteiger charge is -2.33. The Morgan fingerprint density at radius 2 is 1.76 bits per heavy atom. The van der Waals surface area contributed by atoms with Gasteiger partial charge in [0.15, 0.2) is 0 Å². The van der Waals surface area contributed by atoms with Gasteiger partial charge in [0.05, 0.1) is 0 Å². The lowest BCUT2D eigenvalue weighted by Crippen LogP contribution is -2.43. The zero-order valence-electron chi connectivity index (χ0n) is 11.6. The molecule has 0 aliphatic heterocycles. The molecule has 96 valence electrons. The topological polar surface area (TPSA) is 15.3 Å². The average Bonchev–Trinajstić information content (AvgIpc) is 2.35. The Hall–Kier alpha value is -1.02. The minimum absolute atomic E-state index is 0.554. The van der Waals surface area contributed by atoms with Gasteiger partial charge in [0.25, 0.3) is 0 Å². The summed E-state index contributed by atoms with van der Waals surface area (Å²) in [7, 11) is 0. The third-order valence-electron chi connectivity index (χ3n) is 3.10. The monoisotopic (exact) mass is 234 g/mol. The molecule has 1 atom stereocenters. The molecule has 1 unspecified atom stereocenters. The van der Waals surface area contributed by atoms with Crippen LogP contribution in [-0.2, 0) is 0 Å². The van der Waals surface area contributed by atoms with Crippen molar-refractivity contribution in [1.82, 2.24) is 5.32 Å². The number of nitrogens with zero attached hydrogens (tertiary/aromatic N) is 1. The van der Waals surface area contributed by atoms with Crippen LogP contribution in [-0.4, -0.2) is 25.2 Å².